The van der Waals surface area contributed by atoms with Gasteiger partial charge < -0.3 is 16.2 Å². The zero-order valence-corrected chi connectivity index (χ0v) is 11.3. The van der Waals surface area contributed by atoms with Crippen molar-refractivity contribution in [2.45, 2.75) is 25.9 Å². The van der Waals surface area contributed by atoms with Crippen LogP contribution in [0, 0.1) is 0 Å². The number of aromatic nitrogens is 2. The van der Waals surface area contributed by atoms with Gasteiger partial charge in [-0.1, -0.05) is 12.1 Å². The maximum Gasteiger partial charge on any atom is 0.241 e. The average Bonchev–Trinajstić information content (AvgIpc) is 2.89. The molecule has 6 nitrogen and oxygen atoms in total. The lowest BCUT2D eigenvalue weighted by Gasteiger charge is -2.11. The van der Waals surface area contributed by atoms with Gasteiger partial charge in [0.25, 0.3) is 0 Å². The Bertz CT molecular complexity index is 577. The molecule has 1 atom stereocenters. The molecule has 4 N–H and O–H groups in total. The third-order valence-electron chi connectivity index (χ3n) is 2.95. The number of anilines is 1. The molecular formula is C14H18N4O2. The Morgan fingerprint density at radius 3 is 2.75 bits per heavy atom. The van der Waals surface area contributed by atoms with Crippen LogP contribution in [0.5, 0.6) is 5.75 Å². The molecule has 1 amide bonds. The van der Waals surface area contributed by atoms with Crippen LogP contribution >= 0.6 is 0 Å². The van der Waals surface area contributed by atoms with Crippen LogP contribution in [-0.2, 0) is 17.8 Å². The van der Waals surface area contributed by atoms with Gasteiger partial charge in [0.05, 0.1) is 17.9 Å². The van der Waals surface area contributed by atoms with Crippen molar-refractivity contribution in [3.63, 3.8) is 0 Å². The van der Waals surface area contributed by atoms with Crippen molar-refractivity contribution in [3.8, 4) is 5.75 Å². The zero-order chi connectivity index (χ0) is 14.5. The van der Waals surface area contributed by atoms with E-state index in [1.807, 2.05) is 6.92 Å². The molecule has 6 heteroatoms. The van der Waals surface area contributed by atoms with Gasteiger partial charge in [0.1, 0.15) is 5.75 Å². The molecule has 0 unspecified atom stereocenters. The van der Waals surface area contributed by atoms with Crippen molar-refractivity contribution in [2.75, 3.05) is 5.32 Å². The van der Waals surface area contributed by atoms with Gasteiger partial charge in [-0.3, -0.25) is 9.48 Å². The van der Waals surface area contributed by atoms with Gasteiger partial charge >= 0.3 is 0 Å². The highest BCUT2D eigenvalue weighted by Crippen LogP contribution is 2.12. The second-order valence-electron chi connectivity index (χ2n) is 4.55. The second-order valence-corrected chi connectivity index (χ2v) is 4.55. The number of amides is 1. The molecule has 0 fully saturated rings. The predicted octanol–water partition coefficient (Wildman–Crippen LogP) is 1.12. The van der Waals surface area contributed by atoms with Crippen LogP contribution in [0.25, 0.3) is 0 Å². The largest absolute Gasteiger partial charge is 0.508 e. The van der Waals surface area contributed by atoms with Gasteiger partial charge in [-0.25, -0.2) is 0 Å². The van der Waals surface area contributed by atoms with Crippen molar-refractivity contribution in [2.24, 2.45) is 5.73 Å². The number of aryl methyl sites for hydroxylation is 1. The molecule has 1 heterocycles. The van der Waals surface area contributed by atoms with E-state index in [1.54, 1.807) is 41.3 Å². The van der Waals surface area contributed by atoms with Crippen molar-refractivity contribution in [1.82, 2.24) is 9.78 Å². The van der Waals surface area contributed by atoms with Crippen LogP contribution in [-0.4, -0.2) is 26.8 Å². The van der Waals surface area contributed by atoms with Crippen LogP contribution in [0.15, 0.2) is 36.7 Å². The van der Waals surface area contributed by atoms with Crippen molar-refractivity contribution >= 4 is 11.6 Å². The van der Waals surface area contributed by atoms with Gasteiger partial charge in [0, 0.05) is 12.7 Å². The lowest BCUT2D eigenvalue weighted by atomic mass is 10.1. The number of hydrogen-bond acceptors (Lipinski definition) is 4. The summed E-state index contributed by atoms with van der Waals surface area (Å²) in [5, 5.41) is 16.0. The zero-order valence-electron chi connectivity index (χ0n) is 11.3. The summed E-state index contributed by atoms with van der Waals surface area (Å²) in [6, 6.07) is 6.00. The molecule has 0 saturated heterocycles. The molecule has 0 radical (unpaired) electrons. The summed E-state index contributed by atoms with van der Waals surface area (Å²) < 4.78 is 1.72. The summed E-state index contributed by atoms with van der Waals surface area (Å²) in [4.78, 5) is 12.0. The fourth-order valence-corrected chi connectivity index (χ4v) is 1.81. The molecule has 0 saturated carbocycles. The van der Waals surface area contributed by atoms with Crippen molar-refractivity contribution in [3.05, 3.63) is 42.2 Å². The first-order valence-corrected chi connectivity index (χ1v) is 6.45. The minimum atomic E-state index is -0.649. The minimum absolute atomic E-state index is 0.193. The predicted molar refractivity (Wildman–Crippen MR) is 76.3 cm³/mol. The van der Waals surface area contributed by atoms with Crippen LogP contribution in [0.1, 0.15) is 12.5 Å². The summed E-state index contributed by atoms with van der Waals surface area (Å²) >= 11 is 0. The summed E-state index contributed by atoms with van der Waals surface area (Å²) in [6.45, 7) is 2.71. The lowest BCUT2D eigenvalue weighted by Crippen LogP contribution is -2.37. The number of hydrogen-bond donors (Lipinski definition) is 3. The Balaban J connectivity index is 1.93. The van der Waals surface area contributed by atoms with E-state index in [0.29, 0.717) is 12.1 Å². The lowest BCUT2D eigenvalue weighted by molar-refractivity contribution is -0.117. The van der Waals surface area contributed by atoms with Crippen LogP contribution < -0.4 is 11.1 Å². The molecule has 0 aliphatic rings. The quantitative estimate of drug-likeness (QED) is 0.761. The molecule has 0 bridgehead atoms. The van der Waals surface area contributed by atoms with Gasteiger partial charge in [0.2, 0.25) is 5.91 Å². The number of rotatable bonds is 5. The molecule has 106 valence electrons. The molecule has 20 heavy (non-hydrogen) atoms. The van der Waals surface area contributed by atoms with E-state index in [9.17, 15) is 9.90 Å². The number of carbonyl (C=O) groups is 1. The van der Waals surface area contributed by atoms with Gasteiger partial charge in [0.15, 0.2) is 0 Å². The highest BCUT2D eigenvalue weighted by atomic mass is 16.3. The van der Waals surface area contributed by atoms with Crippen molar-refractivity contribution in [1.29, 1.82) is 0 Å². The number of nitrogens with zero attached hydrogens (tertiary/aromatic N) is 2. The fraction of sp³-hybridized carbons (Fsp3) is 0.286. The summed E-state index contributed by atoms with van der Waals surface area (Å²) in [7, 11) is 0. The first kappa shape index (κ1) is 14.1. The van der Waals surface area contributed by atoms with Crippen molar-refractivity contribution < 1.29 is 9.90 Å². The molecule has 0 aliphatic carbocycles. The average molecular weight is 274 g/mol. The molecular weight excluding hydrogens is 256 g/mol. The number of phenols is 1. The fourth-order valence-electron chi connectivity index (χ4n) is 1.81. The van der Waals surface area contributed by atoms with Crippen LogP contribution in [0.3, 0.4) is 0 Å². The molecule has 1 aromatic heterocycles. The Labute approximate surface area is 117 Å². The van der Waals surface area contributed by atoms with E-state index in [1.165, 1.54) is 0 Å². The Morgan fingerprint density at radius 2 is 2.15 bits per heavy atom. The first-order chi connectivity index (χ1) is 9.58. The number of carbonyl (C=O) groups excluding carboxylic acids is 1. The molecule has 2 aromatic rings. The first-order valence-electron chi connectivity index (χ1n) is 6.45. The maximum atomic E-state index is 12.0. The Morgan fingerprint density at radius 1 is 1.45 bits per heavy atom. The van der Waals surface area contributed by atoms with E-state index >= 15 is 0 Å². The normalized spacial score (nSPS) is 12.1. The summed E-state index contributed by atoms with van der Waals surface area (Å²) in [6.07, 6.45) is 3.76. The maximum absolute atomic E-state index is 12.0. The van der Waals surface area contributed by atoms with Gasteiger partial charge in [-0.05, 0) is 31.0 Å². The Kier molecular flexibility index (Phi) is 4.37. The van der Waals surface area contributed by atoms with Gasteiger partial charge in [-0.2, -0.15) is 5.10 Å². The third kappa shape index (κ3) is 3.58. The topological polar surface area (TPSA) is 93.2 Å². The standard InChI is InChI=1S/C14H18N4O2/c1-2-18-9-11(8-16-18)17-14(20)13(15)7-10-3-5-12(19)6-4-10/h3-6,8-9,13,19H,2,7,15H2,1H3,(H,17,20)/t13-/m0/s1. The smallest absolute Gasteiger partial charge is 0.241 e. The van der Waals surface area contributed by atoms with Gasteiger partial charge in [-0.15, -0.1) is 0 Å². The summed E-state index contributed by atoms with van der Waals surface area (Å²) in [5.74, 6) is -0.0625. The van der Waals surface area contributed by atoms with Crippen LogP contribution in [0.4, 0.5) is 5.69 Å². The number of nitrogens with two attached hydrogens (primary N) is 1. The van der Waals surface area contributed by atoms with E-state index in [-0.39, 0.29) is 11.7 Å². The molecule has 1 aromatic carbocycles. The minimum Gasteiger partial charge on any atom is -0.508 e. The number of phenolic OH excluding ortho intramolecular Hbond substituents is 1. The highest BCUT2D eigenvalue weighted by Gasteiger charge is 2.15. The van der Waals surface area contributed by atoms with E-state index in [2.05, 4.69) is 10.4 Å². The van der Waals surface area contributed by atoms with E-state index in [0.717, 1.165) is 12.1 Å². The second kappa shape index (κ2) is 6.21. The SMILES string of the molecule is CCn1cc(NC(=O)[C@@H](N)Cc2ccc(O)cc2)cn1. The summed E-state index contributed by atoms with van der Waals surface area (Å²) in [5.41, 5.74) is 7.41. The van der Waals surface area contributed by atoms with E-state index < -0.39 is 6.04 Å². The van der Waals surface area contributed by atoms with Crippen LogP contribution in [0.2, 0.25) is 0 Å². The molecule has 0 spiro atoms. The monoisotopic (exact) mass is 274 g/mol. The number of aromatic hydroxyl groups is 1. The number of benzene rings is 1. The third-order valence-corrected chi connectivity index (χ3v) is 2.95. The molecule has 2 rings (SSSR count). The highest BCUT2D eigenvalue weighted by molar-refractivity contribution is 5.94. The Hall–Kier alpha value is -2.34. The van der Waals surface area contributed by atoms with E-state index in [4.69, 9.17) is 5.73 Å². The molecule has 0 aliphatic heterocycles. The number of nitrogens with one attached hydrogen (secondary N) is 1.